The van der Waals surface area contributed by atoms with Crippen molar-refractivity contribution in [2.45, 2.75) is 6.04 Å². The first-order valence-corrected chi connectivity index (χ1v) is 6.88. The first-order valence-electron chi connectivity index (χ1n) is 5.71. The summed E-state index contributed by atoms with van der Waals surface area (Å²) in [6, 6.07) is 5.48. The third-order valence-corrected chi connectivity index (χ3v) is 4.20. The Labute approximate surface area is 127 Å². The molecule has 6 heteroatoms. The van der Waals surface area contributed by atoms with E-state index in [4.69, 9.17) is 11.6 Å². The van der Waals surface area contributed by atoms with Crippen LogP contribution in [0.4, 0.5) is 13.2 Å². The fourth-order valence-electron chi connectivity index (χ4n) is 1.98. The van der Waals surface area contributed by atoms with E-state index in [0.29, 0.717) is 4.47 Å². The fourth-order valence-corrected chi connectivity index (χ4v) is 2.46. The van der Waals surface area contributed by atoms with Gasteiger partial charge in [0.15, 0.2) is 0 Å². The lowest BCUT2D eigenvalue weighted by Gasteiger charge is -2.19. The van der Waals surface area contributed by atoms with E-state index in [9.17, 15) is 13.2 Å². The standard InChI is InChI=1S/C14H10BrClF3N/c1-20-14(8-3-2-7(17)6-11(8)18)9-4-5-10(15)12(16)13(9)19/h2-6,14,20H,1H3. The Kier molecular flexibility index (Phi) is 4.73. The molecule has 0 saturated carbocycles. The minimum absolute atomic E-state index is 0.0785. The van der Waals surface area contributed by atoms with Crippen molar-refractivity contribution in [3.8, 4) is 0 Å². The highest BCUT2D eigenvalue weighted by atomic mass is 79.9. The Bertz CT molecular complexity index is 649. The highest BCUT2D eigenvalue weighted by molar-refractivity contribution is 9.10. The number of hydrogen-bond acceptors (Lipinski definition) is 1. The molecule has 106 valence electrons. The van der Waals surface area contributed by atoms with Crippen LogP contribution in [0.1, 0.15) is 17.2 Å². The molecule has 0 spiro atoms. The summed E-state index contributed by atoms with van der Waals surface area (Å²) < 4.78 is 41.4. The fraction of sp³-hybridized carbons (Fsp3) is 0.143. The molecule has 0 aliphatic rings. The van der Waals surface area contributed by atoms with E-state index >= 15 is 0 Å². The topological polar surface area (TPSA) is 12.0 Å². The number of hydrogen-bond donors (Lipinski definition) is 1. The highest BCUT2D eigenvalue weighted by Crippen LogP contribution is 2.33. The van der Waals surface area contributed by atoms with Crippen molar-refractivity contribution in [3.05, 3.63) is 68.4 Å². The van der Waals surface area contributed by atoms with Gasteiger partial charge in [-0.05, 0) is 35.1 Å². The quantitative estimate of drug-likeness (QED) is 0.769. The van der Waals surface area contributed by atoms with Crippen LogP contribution < -0.4 is 5.32 Å². The summed E-state index contributed by atoms with van der Waals surface area (Å²) in [5.74, 6) is -2.08. The molecule has 1 unspecified atom stereocenters. The zero-order chi connectivity index (χ0) is 14.9. The first kappa shape index (κ1) is 15.4. The van der Waals surface area contributed by atoms with Gasteiger partial charge in [0.2, 0.25) is 0 Å². The molecule has 2 rings (SSSR count). The molecule has 1 N–H and O–H groups in total. The summed E-state index contributed by atoms with van der Waals surface area (Å²) in [5, 5.41) is 2.73. The van der Waals surface area contributed by atoms with E-state index in [2.05, 4.69) is 21.2 Å². The van der Waals surface area contributed by atoms with Crippen LogP contribution in [-0.2, 0) is 0 Å². The van der Waals surface area contributed by atoms with Crippen molar-refractivity contribution in [2.75, 3.05) is 7.05 Å². The van der Waals surface area contributed by atoms with Crippen LogP contribution in [-0.4, -0.2) is 7.05 Å². The third kappa shape index (κ3) is 2.85. The largest absolute Gasteiger partial charge is 0.309 e. The maximum absolute atomic E-state index is 14.2. The molecular formula is C14H10BrClF3N. The van der Waals surface area contributed by atoms with Crippen molar-refractivity contribution in [2.24, 2.45) is 0 Å². The molecule has 0 fully saturated rings. The Balaban J connectivity index is 2.55. The van der Waals surface area contributed by atoms with Crippen LogP contribution in [0.15, 0.2) is 34.8 Å². The lowest BCUT2D eigenvalue weighted by atomic mass is 9.98. The molecule has 0 amide bonds. The Hall–Kier alpha value is -1.04. The van der Waals surface area contributed by atoms with Gasteiger partial charge in [-0.1, -0.05) is 23.7 Å². The summed E-state index contributed by atoms with van der Waals surface area (Å²) in [4.78, 5) is 0. The van der Waals surface area contributed by atoms with Crippen molar-refractivity contribution in [1.82, 2.24) is 5.32 Å². The van der Waals surface area contributed by atoms with Crippen LogP contribution in [0.3, 0.4) is 0 Å². The van der Waals surface area contributed by atoms with Crippen molar-refractivity contribution in [3.63, 3.8) is 0 Å². The normalized spacial score (nSPS) is 12.5. The zero-order valence-electron chi connectivity index (χ0n) is 10.4. The molecule has 20 heavy (non-hydrogen) atoms. The third-order valence-electron chi connectivity index (χ3n) is 2.94. The van der Waals surface area contributed by atoms with Gasteiger partial charge in [0.1, 0.15) is 17.5 Å². The Morgan fingerprint density at radius 3 is 2.35 bits per heavy atom. The summed E-state index contributed by atoms with van der Waals surface area (Å²) in [6.45, 7) is 0. The maximum Gasteiger partial charge on any atom is 0.148 e. The van der Waals surface area contributed by atoms with Gasteiger partial charge in [-0.25, -0.2) is 13.2 Å². The molecule has 2 aromatic carbocycles. The molecule has 0 aliphatic carbocycles. The lowest BCUT2D eigenvalue weighted by molar-refractivity contribution is 0.535. The van der Waals surface area contributed by atoms with Crippen LogP contribution in [0, 0.1) is 17.5 Å². The predicted octanol–water partition coefficient (Wildman–Crippen LogP) is 4.83. The van der Waals surface area contributed by atoms with Crippen molar-refractivity contribution in [1.29, 1.82) is 0 Å². The van der Waals surface area contributed by atoms with Gasteiger partial charge in [0, 0.05) is 21.7 Å². The second kappa shape index (κ2) is 6.16. The Morgan fingerprint density at radius 2 is 1.75 bits per heavy atom. The van der Waals surface area contributed by atoms with Gasteiger partial charge >= 0.3 is 0 Å². The average molecular weight is 365 g/mol. The van der Waals surface area contributed by atoms with Gasteiger partial charge in [-0.3, -0.25) is 0 Å². The Morgan fingerprint density at radius 1 is 1.10 bits per heavy atom. The molecular weight excluding hydrogens is 355 g/mol. The van der Waals surface area contributed by atoms with Crippen LogP contribution >= 0.6 is 27.5 Å². The molecule has 0 aromatic heterocycles. The van der Waals surface area contributed by atoms with Crippen molar-refractivity contribution < 1.29 is 13.2 Å². The van der Waals surface area contributed by atoms with Crippen LogP contribution in [0.5, 0.6) is 0 Å². The number of benzene rings is 2. The van der Waals surface area contributed by atoms with E-state index in [1.54, 1.807) is 13.1 Å². The summed E-state index contributed by atoms with van der Waals surface area (Å²) >= 11 is 8.95. The number of halogens is 5. The summed E-state index contributed by atoms with van der Waals surface area (Å²) in [5.41, 5.74) is 0.331. The van der Waals surface area contributed by atoms with E-state index in [1.807, 2.05) is 0 Å². The highest BCUT2D eigenvalue weighted by Gasteiger charge is 2.22. The van der Waals surface area contributed by atoms with Gasteiger partial charge in [-0.2, -0.15) is 0 Å². The van der Waals surface area contributed by atoms with Crippen LogP contribution in [0.2, 0.25) is 5.02 Å². The second-order valence-corrected chi connectivity index (χ2v) is 5.38. The minimum atomic E-state index is -0.763. The summed E-state index contributed by atoms with van der Waals surface area (Å²) in [6.07, 6.45) is 0. The molecule has 0 aliphatic heterocycles. The number of nitrogens with one attached hydrogen (secondary N) is 1. The molecule has 1 atom stereocenters. The SMILES string of the molecule is CNC(c1ccc(F)cc1F)c1ccc(Br)c(Cl)c1F. The molecule has 0 radical (unpaired) electrons. The first-order chi connectivity index (χ1) is 9.45. The molecule has 1 nitrogen and oxygen atoms in total. The zero-order valence-corrected chi connectivity index (χ0v) is 12.7. The van der Waals surface area contributed by atoms with Gasteiger partial charge in [-0.15, -0.1) is 0 Å². The molecule has 0 saturated heterocycles. The van der Waals surface area contributed by atoms with Gasteiger partial charge in [0.25, 0.3) is 0 Å². The van der Waals surface area contributed by atoms with E-state index < -0.39 is 23.5 Å². The monoisotopic (exact) mass is 363 g/mol. The molecule has 2 aromatic rings. The predicted molar refractivity (Wildman–Crippen MR) is 76.4 cm³/mol. The van der Waals surface area contributed by atoms with Crippen LogP contribution in [0.25, 0.3) is 0 Å². The number of rotatable bonds is 3. The molecule has 0 heterocycles. The minimum Gasteiger partial charge on any atom is -0.309 e. The molecule has 0 bridgehead atoms. The second-order valence-electron chi connectivity index (χ2n) is 4.15. The lowest BCUT2D eigenvalue weighted by Crippen LogP contribution is -2.20. The van der Waals surface area contributed by atoms with E-state index in [1.165, 1.54) is 12.1 Å². The van der Waals surface area contributed by atoms with Gasteiger partial charge in [0.05, 0.1) is 11.1 Å². The van der Waals surface area contributed by atoms with Gasteiger partial charge < -0.3 is 5.32 Å². The maximum atomic E-state index is 14.2. The van der Waals surface area contributed by atoms with Crippen molar-refractivity contribution >= 4 is 27.5 Å². The summed E-state index contributed by atoms with van der Waals surface area (Å²) in [7, 11) is 1.56. The van der Waals surface area contributed by atoms with E-state index in [-0.39, 0.29) is 16.1 Å². The average Bonchev–Trinajstić information content (AvgIpc) is 2.41. The van der Waals surface area contributed by atoms with E-state index in [0.717, 1.165) is 12.1 Å². The smallest absolute Gasteiger partial charge is 0.148 e.